The highest BCUT2D eigenvalue weighted by Gasteiger charge is 2.46. The summed E-state index contributed by atoms with van der Waals surface area (Å²) in [7, 11) is 0. The van der Waals surface area contributed by atoms with E-state index in [1.165, 1.54) is 54.4 Å². The number of hydrogen-bond donors (Lipinski definition) is 0. The normalized spacial score (nSPS) is 24.8. The van der Waals surface area contributed by atoms with Gasteiger partial charge in [-0.3, -0.25) is 4.79 Å². The molecule has 1 aromatic carbocycles. The van der Waals surface area contributed by atoms with Crippen LogP contribution in [0.1, 0.15) is 110 Å². The van der Waals surface area contributed by atoms with Gasteiger partial charge in [0.1, 0.15) is 5.75 Å². The highest BCUT2D eigenvalue weighted by atomic mass is 16.5. The molecule has 32 heavy (non-hydrogen) atoms. The van der Waals surface area contributed by atoms with Gasteiger partial charge in [0, 0.05) is 12.0 Å². The first-order valence-corrected chi connectivity index (χ1v) is 12.8. The average Bonchev–Trinajstić information content (AvgIpc) is 2.70. The molecular formula is C30H42O2. The summed E-state index contributed by atoms with van der Waals surface area (Å²) in [5.41, 5.74) is 5.47. The molecule has 2 heterocycles. The Hall–Kier alpha value is -1.83. The van der Waals surface area contributed by atoms with E-state index >= 15 is 0 Å². The highest BCUT2D eigenvalue weighted by Crippen LogP contribution is 2.45. The number of Topliss-reactive ketones (excluding diaryl/α,β-unsaturated/α-hetero) is 1. The van der Waals surface area contributed by atoms with E-state index in [0.717, 1.165) is 43.4 Å². The number of ether oxygens (including phenoxy) is 1. The first-order valence-electron chi connectivity index (χ1n) is 12.8. The van der Waals surface area contributed by atoms with Crippen LogP contribution >= 0.6 is 0 Å². The van der Waals surface area contributed by atoms with Crippen molar-refractivity contribution in [1.29, 1.82) is 0 Å². The minimum absolute atomic E-state index is 0.00700. The first-order chi connectivity index (χ1) is 15.0. The lowest BCUT2D eigenvalue weighted by atomic mass is 9.72. The second kappa shape index (κ2) is 8.50. The molecular weight excluding hydrogens is 392 g/mol. The molecule has 2 heteroatoms. The highest BCUT2D eigenvalue weighted by molar-refractivity contribution is 6.05. The van der Waals surface area contributed by atoms with Crippen LogP contribution in [0.3, 0.4) is 0 Å². The van der Waals surface area contributed by atoms with E-state index in [-0.39, 0.29) is 16.6 Å². The standard InChI is InChI=1S/C30H42O2/c1-28(2,3)24-17-21-13-11-9-7-8-10-12-14-23-19-25(29(4,5)6)20-30(27(23)31)16-15-22(18-24)26(21)32-30/h17-20H,7-16H2,1-6H3. The Kier molecular flexibility index (Phi) is 6.20. The van der Waals surface area contributed by atoms with Crippen molar-refractivity contribution < 1.29 is 9.53 Å². The van der Waals surface area contributed by atoms with Gasteiger partial charge in [-0.05, 0) is 71.3 Å². The lowest BCUT2D eigenvalue weighted by molar-refractivity contribution is -0.128. The van der Waals surface area contributed by atoms with Gasteiger partial charge in [0.25, 0.3) is 0 Å². The SMILES string of the molecule is CC(C)(C)C1=CC23CCc4cc(C(C)(C)C)cc(c4O2)CCCCCCCCC(=C1)C3=O. The fourth-order valence-electron chi connectivity index (χ4n) is 5.35. The molecule has 2 aliphatic heterocycles. The summed E-state index contributed by atoms with van der Waals surface area (Å²) < 4.78 is 6.86. The molecule has 0 N–H and O–H groups in total. The van der Waals surface area contributed by atoms with Crippen LogP contribution in [0.4, 0.5) is 0 Å². The van der Waals surface area contributed by atoms with Gasteiger partial charge in [-0.2, -0.15) is 0 Å². The Labute approximate surface area is 195 Å². The molecule has 4 rings (SSSR count). The van der Waals surface area contributed by atoms with Gasteiger partial charge in [-0.15, -0.1) is 0 Å². The van der Waals surface area contributed by atoms with Crippen molar-refractivity contribution in [1.82, 2.24) is 0 Å². The molecule has 1 unspecified atom stereocenters. The molecule has 3 aliphatic rings. The van der Waals surface area contributed by atoms with Crippen molar-refractivity contribution in [2.45, 2.75) is 117 Å². The molecule has 174 valence electrons. The van der Waals surface area contributed by atoms with E-state index in [1.54, 1.807) is 0 Å². The van der Waals surface area contributed by atoms with Crippen molar-refractivity contribution in [3.8, 4) is 5.75 Å². The number of fused-ring (bicyclic) bond motifs is 1. The minimum atomic E-state index is -0.832. The number of rotatable bonds is 0. The van der Waals surface area contributed by atoms with Crippen LogP contribution in [-0.4, -0.2) is 11.4 Å². The smallest absolute Gasteiger partial charge is 0.206 e. The monoisotopic (exact) mass is 434 g/mol. The van der Waals surface area contributed by atoms with Gasteiger partial charge in [0.05, 0.1) is 0 Å². The maximum atomic E-state index is 13.9. The Morgan fingerprint density at radius 1 is 0.781 bits per heavy atom. The van der Waals surface area contributed by atoms with Crippen molar-refractivity contribution >= 4 is 5.78 Å². The zero-order valence-corrected chi connectivity index (χ0v) is 21.2. The summed E-state index contributed by atoms with van der Waals surface area (Å²) in [5, 5.41) is 0. The zero-order valence-electron chi connectivity index (χ0n) is 21.2. The summed E-state index contributed by atoms with van der Waals surface area (Å²) in [6.07, 6.45) is 15.2. The van der Waals surface area contributed by atoms with Crippen LogP contribution in [0.25, 0.3) is 0 Å². The van der Waals surface area contributed by atoms with Crippen LogP contribution in [0.2, 0.25) is 0 Å². The molecule has 1 aliphatic carbocycles. The number of carbonyl (C=O) groups is 1. The quantitative estimate of drug-likeness (QED) is 0.416. The second-order valence-electron chi connectivity index (χ2n) is 12.3. The van der Waals surface area contributed by atoms with Crippen molar-refractivity contribution in [3.63, 3.8) is 0 Å². The third-order valence-corrected chi connectivity index (χ3v) is 7.56. The van der Waals surface area contributed by atoms with Crippen molar-refractivity contribution in [3.05, 3.63) is 52.1 Å². The number of benzene rings is 1. The topological polar surface area (TPSA) is 26.3 Å². The van der Waals surface area contributed by atoms with E-state index in [0.29, 0.717) is 0 Å². The van der Waals surface area contributed by atoms with Crippen LogP contribution in [0, 0.1) is 5.41 Å². The van der Waals surface area contributed by atoms with Gasteiger partial charge < -0.3 is 4.74 Å². The van der Waals surface area contributed by atoms with Crippen molar-refractivity contribution in [2.75, 3.05) is 0 Å². The van der Waals surface area contributed by atoms with Gasteiger partial charge in [0.15, 0.2) is 5.60 Å². The maximum Gasteiger partial charge on any atom is 0.206 e. The van der Waals surface area contributed by atoms with Crippen LogP contribution < -0.4 is 4.74 Å². The third-order valence-electron chi connectivity index (χ3n) is 7.56. The van der Waals surface area contributed by atoms with Gasteiger partial charge in [-0.1, -0.05) is 85.4 Å². The average molecular weight is 435 g/mol. The molecule has 0 radical (unpaired) electrons. The largest absolute Gasteiger partial charge is 0.474 e. The maximum absolute atomic E-state index is 13.9. The van der Waals surface area contributed by atoms with E-state index < -0.39 is 5.60 Å². The predicted octanol–water partition coefficient (Wildman–Crippen LogP) is 7.82. The fourth-order valence-corrected chi connectivity index (χ4v) is 5.35. The third kappa shape index (κ3) is 4.61. The van der Waals surface area contributed by atoms with E-state index in [1.807, 2.05) is 0 Å². The Morgan fingerprint density at radius 2 is 1.38 bits per heavy atom. The number of hydrogen-bond acceptors (Lipinski definition) is 2. The van der Waals surface area contributed by atoms with E-state index in [2.05, 4.69) is 65.8 Å². The molecule has 0 fully saturated rings. The van der Waals surface area contributed by atoms with Gasteiger partial charge in [-0.25, -0.2) is 0 Å². The van der Waals surface area contributed by atoms with E-state index in [9.17, 15) is 4.79 Å². The lowest BCUT2D eigenvalue weighted by Gasteiger charge is -2.41. The molecule has 1 spiro atoms. The summed E-state index contributed by atoms with van der Waals surface area (Å²) in [6.45, 7) is 13.6. The van der Waals surface area contributed by atoms with Crippen molar-refractivity contribution in [2.24, 2.45) is 5.41 Å². The lowest BCUT2D eigenvalue weighted by Crippen LogP contribution is -2.49. The number of aryl methyl sites for hydroxylation is 2. The molecule has 1 aromatic rings. The van der Waals surface area contributed by atoms with Crippen LogP contribution in [-0.2, 0) is 23.1 Å². The molecule has 0 saturated heterocycles. The number of ketones is 1. The summed E-state index contributed by atoms with van der Waals surface area (Å²) >= 11 is 0. The van der Waals surface area contributed by atoms with E-state index in [4.69, 9.17) is 4.74 Å². The predicted molar refractivity (Wildman–Crippen MR) is 133 cm³/mol. The Morgan fingerprint density at radius 3 is 2.00 bits per heavy atom. The molecule has 0 amide bonds. The first kappa shape index (κ1) is 23.3. The number of carbonyl (C=O) groups excluding carboxylic acids is 1. The zero-order chi connectivity index (χ0) is 23.1. The summed E-state index contributed by atoms with van der Waals surface area (Å²) in [4.78, 5) is 13.9. The van der Waals surface area contributed by atoms with Crippen LogP contribution in [0.5, 0.6) is 5.75 Å². The van der Waals surface area contributed by atoms with Gasteiger partial charge in [0.2, 0.25) is 5.78 Å². The van der Waals surface area contributed by atoms with Crippen LogP contribution in [0.15, 0.2) is 35.4 Å². The summed E-state index contributed by atoms with van der Waals surface area (Å²) in [6, 6.07) is 4.70. The molecule has 2 nitrogen and oxygen atoms in total. The fraction of sp³-hybridized carbons (Fsp3) is 0.633. The Balaban J connectivity index is 1.84. The second-order valence-corrected chi connectivity index (χ2v) is 12.3. The Bertz CT molecular complexity index is 948. The van der Waals surface area contributed by atoms with Gasteiger partial charge >= 0.3 is 0 Å². The molecule has 0 saturated carbocycles. The molecule has 1 atom stereocenters. The molecule has 3 bridgehead atoms. The number of allylic oxidation sites excluding steroid dienone is 2. The summed E-state index contributed by atoms with van der Waals surface area (Å²) in [5.74, 6) is 1.21. The molecule has 0 aromatic heterocycles. The minimum Gasteiger partial charge on any atom is -0.474 e.